The molecule has 34 heavy (non-hydrogen) atoms. The van der Waals surface area contributed by atoms with Crippen molar-refractivity contribution in [2.75, 3.05) is 33.2 Å². The fraction of sp³-hybridized carbons (Fsp3) is 0.308. The molecule has 5 rings (SSSR count). The molecule has 1 atom stereocenters. The molecule has 1 aromatic carbocycles. The molecule has 1 fully saturated rings. The summed E-state index contributed by atoms with van der Waals surface area (Å²) in [5.41, 5.74) is 2.85. The largest absolute Gasteiger partial charge is 0.336 e. The van der Waals surface area contributed by atoms with E-state index in [4.69, 9.17) is 10.4 Å². The minimum Gasteiger partial charge on any atom is -0.336 e. The van der Waals surface area contributed by atoms with E-state index in [9.17, 15) is 9.59 Å². The van der Waals surface area contributed by atoms with Crippen molar-refractivity contribution in [2.24, 2.45) is 0 Å². The number of aryl methyl sites for hydroxylation is 1. The van der Waals surface area contributed by atoms with Crippen molar-refractivity contribution in [2.45, 2.75) is 19.9 Å². The highest BCUT2D eigenvalue weighted by Gasteiger charge is 2.26. The quantitative estimate of drug-likeness (QED) is 0.480. The Kier molecular flexibility index (Phi) is 5.53. The van der Waals surface area contributed by atoms with Gasteiger partial charge >= 0.3 is 0 Å². The predicted molar refractivity (Wildman–Crippen MR) is 131 cm³/mol. The van der Waals surface area contributed by atoms with Gasteiger partial charge in [0.15, 0.2) is 0 Å². The van der Waals surface area contributed by atoms with E-state index in [2.05, 4.69) is 4.90 Å². The molecule has 1 saturated heterocycles. The summed E-state index contributed by atoms with van der Waals surface area (Å²) in [4.78, 5) is 35.9. The van der Waals surface area contributed by atoms with Crippen LogP contribution in [0.15, 0.2) is 59.5 Å². The molecule has 4 aromatic rings. The predicted octanol–water partition coefficient (Wildman–Crippen LogP) is 2.43. The second-order valence-electron chi connectivity index (χ2n) is 9.00. The third kappa shape index (κ3) is 3.60. The summed E-state index contributed by atoms with van der Waals surface area (Å²) in [6.07, 6.45) is 1.69. The number of nitrogens with zero attached hydrogens (tertiary/aromatic N) is 5. The summed E-state index contributed by atoms with van der Waals surface area (Å²) >= 11 is 0. The van der Waals surface area contributed by atoms with Crippen LogP contribution in [-0.4, -0.2) is 62.9 Å². The summed E-state index contributed by atoms with van der Waals surface area (Å²) in [5.74, 6) is -0.220. The van der Waals surface area contributed by atoms with Gasteiger partial charge in [-0.1, -0.05) is 36.4 Å². The molecule has 8 heteroatoms. The van der Waals surface area contributed by atoms with Gasteiger partial charge in [-0.05, 0) is 44.2 Å². The van der Waals surface area contributed by atoms with Crippen LogP contribution in [0.1, 0.15) is 34.5 Å². The maximum Gasteiger partial charge on any atom is 0.267 e. The first-order chi connectivity index (χ1) is 16.4. The maximum absolute atomic E-state index is 13.6. The van der Waals surface area contributed by atoms with Crippen molar-refractivity contribution in [3.63, 3.8) is 0 Å². The Labute approximate surface area is 197 Å². The Hall–Kier alpha value is -3.78. The zero-order valence-corrected chi connectivity index (χ0v) is 19.7. The molecule has 1 aliphatic heterocycles. The van der Waals surface area contributed by atoms with E-state index in [0.29, 0.717) is 29.8 Å². The lowest BCUT2D eigenvalue weighted by molar-refractivity contribution is 0.0661. The number of nitrogens with one attached hydrogen (secondary N) is 1. The van der Waals surface area contributed by atoms with Crippen LogP contribution in [-0.2, 0) is 0 Å². The first-order valence-corrected chi connectivity index (χ1v) is 11.5. The monoisotopic (exact) mass is 456 g/mol. The number of aromatic nitrogens is 3. The van der Waals surface area contributed by atoms with Gasteiger partial charge in [0, 0.05) is 32.4 Å². The van der Waals surface area contributed by atoms with Gasteiger partial charge in [-0.15, -0.1) is 0 Å². The number of piperazine rings is 1. The first-order valence-electron chi connectivity index (χ1n) is 11.5. The molecule has 0 radical (unpaired) electrons. The van der Waals surface area contributed by atoms with E-state index in [1.807, 2.05) is 63.4 Å². The highest BCUT2D eigenvalue weighted by Crippen LogP contribution is 2.22. The van der Waals surface area contributed by atoms with E-state index in [0.717, 1.165) is 24.2 Å². The van der Waals surface area contributed by atoms with E-state index >= 15 is 0 Å². The molecule has 8 nitrogen and oxygen atoms in total. The van der Waals surface area contributed by atoms with Crippen LogP contribution in [0, 0.1) is 12.3 Å². The number of benzene rings is 1. The van der Waals surface area contributed by atoms with Crippen LogP contribution in [0.5, 0.6) is 0 Å². The third-order valence-corrected chi connectivity index (χ3v) is 6.77. The summed E-state index contributed by atoms with van der Waals surface area (Å²) in [6.45, 7) is 6.62. The fourth-order valence-electron chi connectivity index (χ4n) is 4.66. The van der Waals surface area contributed by atoms with Crippen LogP contribution in [0.2, 0.25) is 0 Å². The third-order valence-electron chi connectivity index (χ3n) is 6.77. The zero-order valence-electron chi connectivity index (χ0n) is 19.7. The van der Waals surface area contributed by atoms with Gasteiger partial charge < -0.3 is 14.4 Å². The highest BCUT2D eigenvalue weighted by molar-refractivity contribution is 5.97. The molecule has 1 N–H and O–H groups in total. The molecule has 4 heterocycles. The van der Waals surface area contributed by atoms with Crippen molar-refractivity contribution in [3.8, 4) is 0 Å². The molecule has 0 saturated carbocycles. The Morgan fingerprint density at radius 2 is 1.74 bits per heavy atom. The lowest BCUT2D eigenvalue weighted by atomic mass is 10.1. The summed E-state index contributed by atoms with van der Waals surface area (Å²) < 4.78 is 3.24. The normalized spacial score (nSPS) is 15.7. The van der Waals surface area contributed by atoms with Crippen LogP contribution < -0.4 is 11.0 Å². The topological polar surface area (TPSA) is 86.7 Å². The van der Waals surface area contributed by atoms with Crippen LogP contribution in [0.25, 0.3) is 16.7 Å². The smallest absolute Gasteiger partial charge is 0.267 e. The maximum atomic E-state index is 13.6. The summed E-state index contributed by atoms with van der Waals surface area (Å²) in [6, 6.07) is 14.8. The number of fused-ring (bicyclic) bond motifs is 2. The molecule has 0 spiro atoms. The molecule has 1 amide bonds. The number of amides is 1. The van der Waals surface area contributed by atoms with Crippen LogP contribution >= 0.6 is 0 Å². The van der Waals surface area contributed by atoms with E-state index in [1.54, 1.807) is 21.7 Å². The summed E-state index contributed by atoms with van der Waals surface area (Å²) in [7, 11) is 2.03. The average molecular weight is 457 g/mol. The van der Waals surface area contributed by atoms with Gasteiger partial charge in [0.2, 0.25) is 0 Å². The number of pyridine rings is 2. The van der Waals surface area contributed by atoms with Gasteiger partial charge in [0.1, 0.15) is 16.8 Å². The van der Waals surface area contributed by atoms with Gasteiger partial charge in [-0.2, -0.15) is 0 Å². The number of rotatable bonds is 3. The van der Waals surface area contributed by atoms with Crippen molar-refractivity contribution < 1.29 is 4.79 Å². The van der Waals surface area contributed by atoms with Crippen molar-refractivity contribution >= 4 is 22.6 Å². The molecule has 1 unspecified atom stereocenters. The second kappa shape index (κ2) is 8.53. The molecule has 174 valence electrons. The lowest BCUT2D eigenvalue weighted by Crippen LogP contribution is -2.48. The van der Waals surface area contributed by atoms with Crippen LogP contribution in [0.4, 0.5) is 0 Å². The minimum atomic E-state index is -0.296. The second-order valence-corrected chi connectivity index (χ2v) is 9.00. The van der Waals surface area contributed by atoms with E-state index < -0.39 is 0 Å². The standard InChI is InChI=1S/C26H28N6O2/c1-17-8-7-11-31-23(17)28-24-21(26(31)34)16-20(25(33)30-14-12-29(3)13-15-30)22(27)32(24)18(2)19-9-5-4-6-10-19/h4-11,16,18,27H,12-15H2,1-3H3. The van der Waals surface area contributed by atoms with Gasteiger partial charge in [0.25, 0.3) is 11.5 Å². The Bertz CT molecular complexity index is 1510. The van der Waals surface area contributed by atoms with Crippen molar-refractivity contribution in [1.82, 2.24) is 23.8 Å². The molecule has 1 aliphatic rings. The number of hydrogen-bond donors (Lipinski definition) is 1. The Morgan fingerprint density at radius 1 is 1.03 bits per heavy atom. The minimum absolute atomic E-state index is 0.0672. The molecule has 3 aromatic heterocycles. The lowest BCUT2D eigenvalue weighted by Gasteiger charge is -2.32. The van der Waals surface area contributed by atoms with E-state index in [-0.39, 0.29) is 28.6 Å². The fourth-order valence-corrected chi connectivity index (χ4v) is 4.66. The number of carbonyl (C=O) groups is 1. The Morgan fingerprint density at radius 3 is 2.44 bits per heavy atom. The van der Waals surface area contributed by atoms with Gasteiger partial charge in [0.05, 0.1) is 17.0 Å². The van der Waals surface area contributed by atoms with Crippen LogP contribution in [0.3, 0.4) is 0 Å². The number of likely N-dealkylation sites (N-methyl/N-ethyl adjacent to an activating group) is 1. The first kappa shape index (κ1) is 22.0. The van der Waals surface area contributed by atoms with Crippen molar-refractivity contribution in [3.05, 3.63) is 87.3 Å². The molecular weight excluding hydrogens is 428 g/mol. The highest BCUT2D eigenvalue weighted by atomic mass is 16.2. The number of carbonyl (C=O) groups excluding carboxylic acids is 1. The van der Waals surface area contributed by atoms with Gasteiger partial charge in [-0.3, -0.25) is 19.4 Å². The average Bonchev–Trinajstić information content (AvgIpc) is 2.85. The van der Waals surface area contributed by atoms with Gasteiger partial charge in [-0.25, -0.2) is 4.98 Å². The van der Waals surface area contributed by atoms with Crippen molar-refractivity contribution in [1.29, 1.82) is 5.41 Å². The Balaban J connectivity index is 1.81. The molecular formula is C26H28N6O2. The van der Waals surface area contributed by atoms with E-state index in [1.165, 1.54) is 4.40 Å². The SMILES string of the molecule is Cc1cccn2c(=O)c3cc(C(=O)N4CCN(C)CC4)c(=N)n(C(C)c4ccccc4)c3nc12. The summed E-state index contributed by atoms with van der Waals surface area (Å²) in [5, 5.41) is 9.42. The molecule has 0 bridgehead atoms. The zero-order chi connectivity index (χ0) is 24.0. The number of hydrogen-bond acceptors (Lipinski definition) is 5. The molecule has 0 aliphatic carbocycles.